The molecule has 154 valence electrons. The van der Waals surface area contributed by atoms with Crippen molar-refractivity contribution in [2.45, 2.75) is 42.1 Å². The van der Waals surface area contributed by atoms with Gasteiger partial charge in [0.25, 0.3) is 10.0 Å². The molecule has 6 nitrogen and oxygen atoms in total. The van der Waals surface area contributed by atoms with Crippen molar-refractivity contribution in [2.24, 2.45) is 0 Å². The zero-order valence-electron chi connectivity index (χ0n) is 15.9. The molecule has 1 saturated heterocycles. The van der Waals surface area contributed by atoms with Crippen LogP contribution >= 0.6 is 11.6 Å². The van der Waals surface area contributed by atoms with E-state index in [0.717, 1.165) is 37.9 Å². The van der Waals surface area contributed by atoms with E-state index in [4.69, 9.17) is 16.3 Å². The Balaban J connectivity index is 1.42. The number of anilines is 1. The minimum absolute atomic E-state index is 0.0162. The monoisotopic (exact) mass is 434 g/mol. The molecule has 1 unspecified atom stereocenters. The van der Waals surface area contributed by atoms with Gasteiger partial charge in [-0.25, -0.2) is 8.42 Å². The van der Waals surface area contributed by atoms with E-state index in [1.807, 2.05) is 12.1 Å². The van der Waals surface area contributed by atoms with Crippen LogP contribution in [0.3, 0.4) is 0 Å². The van der Waals surface area contributed by atoms with Crippen LogP contribution in [0.1, 0.15) is 31.2 Å². The number of sulfonamides is 1. The summed E-state index contributed by atoms with van der Waals surface area (Å²) in [5.41, 5.74) is 0.836. The molecule has 2 fully saturated rings. The first kappa shape index (κ1) is 20.2. The van der Waals surface area contributed by atoms with Gasteiger partial charge in [0.1, 0.15) is 0 Å². The molecule has 29 heavy (non-hydrogen) atoms. The van der Waals surface area contributed by atoms with Crippen LogP contribution < -0.4 is 10.0 Å². The SMILES string of the molecule is O=C(NCC1CCCO1)C1(c2ccc(NS(=O)(=O)c3ccc(Cl)cc3)cc2)CC1. The van der Waals surface area contributed by atoms with Crippen LogP contribution in [-0.2, 0) is 25.0 Å². The zero-order valence-corrected chi connectivity index (χ0v) is 17.4. The van der Waals surface area contributed by atoms with E-state index in [1.54, 1.807) is 12.1 Å². The first-order valence-electron chi connectivity index (χ1n) is 9.68. The zero-order chi connectivity index (χ0) is 20.5. The molecule has 1 amide bonds. The molecule has 4 rings (SSSR count). The molecule has 0 bridgehead atoms. The van der Waals surface area contributed by atoms with Gasteiger partial charge in [0.15, 0.2) is 0 Å². The quantitative estimate of drug-likeness (QED) is 0.698. The fourth-order valence-electron chi connectivity index (χ4n) is 3.64. The highest BCUT2D eigenvalue weighted by Crippen LogP contribution is 2.48. The van der Waals surface area contributed by atoms with Crippen LogP contribution in [0.15, 0.2) is 53.4 Å². The van der Waals surface area contributed by atoms with Gasteiger partial charge in [-0.3, -0.25) is 9.52 Å². The summed E-state index contributed by atoms with van der Waals surface area (Å²) in [6, 6.07) is 13.0. The van der Waals surface area contributed by atoms with Crippen molar-refractivity contribution in [3.8, 4) is 0 Å². The van der Waals surface area contributed by atoms with Gasteiger partial charge < -0.3 is 10.1 Å². The standard InChI is InChI=1S/C21H23ClN2O4S/c22-16-5-9-19(10-6-16)29(26,27)24-17-7-3-15(4-8-17)21(11-12-21)20(25)23-14-18-2-1-13-28-18/h3-10,18,24H,1-2,11-14H2,(H,23,25). The van der Waals surface area contributed by atoms with Crippen LogP contribution in [-0.4, -0.2) is 33.6 Å². The van der Waals surface area contributed by atoms with Gasteiger partial charge in [-0.2, -0.15) is 0 Å². The number of carbonyl (C=O) groups is 1. The van der Waals surface area contributed by atoms with Crippen LogP contribution in [0.2, 0.25) is 5.02 Å². The average molecular weight is 435 g/mol. The lowest BCUT2D eigenvalue weighted by molar-refractivity contribution is -0.124. The molecule has 2 aliphatic rings. The lowest BCUT2D eigenvalue weighted by Gasteiger charge is -2.18. The van der Waals surface area contributed by atoms with Crippen LogP contribution in [0.5, 0.6) is 0 Å². The Morgan fingerprint density at radius 2 is 1.79 bits per heavy atom. The number of rotatable bonds is 7. The van der Waals surface area contributed by atoms with Gasteiger partial charge in [-0.15, -0.1) is 0 Å². The second-order valence-corrected chi connectivity index (χ2v) is 9.68. The summed E-state index contributed by atoms with van der Waals surface area (Å²) >= 11 is 5.82. The fourth-order valence-corrected chi connectivity index (χ4v) is 4.82. The second kappa shape index (κ2) is 7.97. The molecule has 1 atom stereocenters. The van der Waals surface area contributed by atoms with Gasteiger partial charge in [-0.1, -0.05) is 23.7 Å². The minimum atomic E-state index is -3.70. The number of benzene rings is 2. The number of halogens is 1. The molecular weight excluding hydrogens is 412 g/mol. The van der Waals surface area contributed by atoms with E-state index in [2.05, 4.69) is 10.0 Å². The molecular formula is C21H23ClN2O4S. The van der Waals surface area contributed by atoms with Gasteiger partial charge in [0.2, 0.25) is 5.91 Å². The van der Waals surface area contributed by atoms with Crippen molar-refractivity contribution < 1.29 is 17.9 Å². The maximum Gasteiger partial charge on any atom is 0.261 e. The molecule has 8 heteroatoms. The van der Waals surface area contributed by atoms with Gasteiger partial charge in [-0.05, 0) is 67.6 Å². The number of amides is 1. The normalized spacial score (nSPS) is 20.2. The van der Waals surface area contributed by atoms with E-state index in [9.17, 15) is 13.2 Å². The van der Waals surface area contributed by atoms with Gasteiger partial charge >= 0.3 is 0 Å². The number of ether oxygens (including phenoxy) is 1. The van der Waals surface area contributed by atoms with Crippen molar-refractivity contribution in [1.29, 1.82) is 0 Å². The highest BCUT2D eigenvalue weighted by Gasteiger charge is 2.51. The van der Waals surface area contributed by atoms with Crippen molar-refractivity contribution >= 4 is 33.2 Å². The minimum Gasteiger partial charge on any atom is -0.376 e. The Hall–Kier alpha value is -2.09. The highest BCUT2D eigenvalue weighted by atomic mass is 35.5. The third-order valence-electron chi connectivity index (χ3n) is 5.51. The Bertz CT molecular complexity index is 980. The van der Waals surface area contributed by atoms with E-state index in [1.165, 1.54) is 24.3 Å². The van der Waals surface area contributed by atoms with Crippen molar-refractivity contribution in [1.82, 2.24) is 5.32 Å². The number of hydrogen-bond donors (Lipinski definition) is 2. The molecule has 0 radical (unpaired) electrons. The Morgan fingerprint density at radius 3 is 2.38 bits per heavy atom. The summed E-state index contributed by atoms with van der Waals surface area (Å²) in [6.45, 7) is 1.30. The predicted octanol–water partition coefficient (Wildman–Crippen LogP) is 3.47. The van der Waals surface area contributed by atoms with E-state index in [0.29, 0.717) is 17.3 Å². The summed E-state index contributed by atoms with van der Waals surface area (Å²) in [5, 5.41) is 3.49. The molecule has 1 saturated carbocycles. The molecule has 1 aliphatic heterocycles. The third kappa shape index (κ3) is 4.42. The summed E-state index contributed by atoms with van der Waals surface area (Å²) < 4.78 is 33.1. The Kier molecular flexibility index (Phi) is 5.55. The predicted molar refractivity (Wildman–Crippen MR) is 112 cm³/mol. The summed E-state index contributed by atoms with van der Waals surface area (Å²) in [6.07, 6.45) is 3.72. The van der Waals surface area contributed by atoms with E-state index >= 15 is 0 Å². The van der Waals surface area contributed by atoms with E-state index < -0.39 is 15.4 Å². The van der Waals surface area contributed by atoms with Gasteiger partial charge in [0.05, 0.1) is 16.4 Å². The van der Waals surface area contributed by atoms with Crippen LogP contribution in [0.25, 0.3) is 0 Å². The Labute approximate surface area is 175 Å². The second-order valence-electron chi connectivity index (χ2n) is 7.56. The smallest absolute Gasteiger partial charge is 0.261 e. The lowest BCUT2D eigenvalue weighted by Crippen LogP contribution is -2.39. The summed E-state index contributed by atoms with van der Waals surface area (Å²) in [7, 11) is -3.70. The number of carbonyl (C=O) groups excluding carboxylic acids is 1. The summed E-state index contributed by atoms with van der Waals surface area (Å²) in [4.78, 5) is 12.9. The maximum absolute atomic E-state index is 12.7. The summed E-state index contributed by atoms with van der Waals surface area (Å²) in [5.74, 6) is 0.0162. The first-order valence-corrected chi connectivity index (χ1v) is 11.5. The van der Waals surface area contributed by atoms with Crippen LogP contribution in [0.4, 0.5) is 5.69 Å². The maximum atomic E-state index is 12.7. The largest absolute Gasteiger partial charge is 0.376 e. The third-order valence-corrected chi connectivity index (χ3v) is 7.16. The molecule has 2 aromatic rings. The number of nitrogens with one attached hydrogen (secondary N) is 2. The molecule has 0 aromatic heterocycles. The number of hydrogen-bond acceptors (Lipinski definition) is 4. The fraction of sp³-hybridized carbons (Fsp3) is 0.381. The van der Waals surface area contributed by atoms with Crippen LogP contribution in [0, 0.1) is 0 Å². The highest BCUT2D eigenvalue weighted by molar-refractivity contribution is 7.92. The Morgan fingerprint density at radius 1 is 1.10 bits per heavy atom. The first-order chi connectivity index (χ1) is 13.9. The van der Waals surface area contributed by atoms with Crippen molar-refractivity contribution in [3.63, 3.8) is 0 Å². The van der Waals surface area contributed by atoms with Crippen molar-refractivity contribution in [3.05, 3.63) is 59.1 Å². The molecule has 2 aromatic carbocycles. The lowest BCUT2D eigenvalue weighted by atomic mass is 9.94. The van der Waals surface area contributed by atoms with Gasteiger partial charge in [0, 0.05) is 23.9 Å². The molecule has 1 heterocycles. The topological polar surface area (TPSA) is 84.5 Å². The van der Waals surface area contributed by atoms with Crippen molar-refractivity contribution in [2.75, 3.05) is 17.9 Å². The molecule has 0 spiro atoms. The molecule has 2 N–H and O–H groups in total. The van der Waals surface area contributed by atoms with E-state index in [-0.39, 0.29) is 16.9 Å². The molecule has 1 aliphatic carbocycles. The average Bonchev–Trinajstić information content (AvgIpc) is 3.35.